The van der Waals surface area contributed by atoms with Gasteiger partial charge in [0.2, 0.25) is 0 Å². The lowest BCUT2D eigenvalue weighted by molar-refractivity contribution is -0.138. The maximum atomic E-state index is 13.1. The Morgan fingerprint density at radius 2 is 2.04 bits per heavy atom. The first-order valence-electron chi connectivity index (χ1n) is 6.52. The average molecular weight is 337 g/mol. The lowest BCUT2D eigenvalue weighted by atomic mass is 10.0. The number of fused-ring (bicyclic) bond motifs is 1. The Bertz CT molecular complexity index is 833. The fourth-order valence-corrected chi connectivity index (χ4v) is 3.67. The molecule has 1 aliphatic rings. The molecule has 2 atom stereocenters. The Morgan fingerprint density at radius 1 is 1.26 bits per heavy atom. The Kier molecular flexibility index (Phi) is 3.85. The molecule has 2 unspecified atom stereocenters. The van der Waals surface area contributed by atoms with Gasteiger partial charge in [0.05, 0.1) is 5.56 Å². The summed E-state index contributed by atoms with van der Waals surface area (Å²) in [7, 11) is -1.36. The minimum atomic E-state index is -4.65. The monoisotopic (exact) mass is 337 g/mol. The third kappa shape index (κ3) is 2.81. The zero-order valence-electron chi connectivity index (χ0n) is 11.5. The van der Waals surface area contributed by atoms with E-state index in [0.29, 0.717) is 10.6 Å². The van der Waals surface area contributed by atoms with Crippen LogP contribution in [0.25, 0.3) is 6.08 Å². The van der Waals surface area contributed by atoms with Crippen LogP contribution in [0.5, 0.6) is 0 Å². The second kappa shape index (κ2) is 5.69. The van der Waals surface area contributed by atoms with E-state index >= 15 is 0 Å². The van der Waals surface area contributed by atoms with Crippen molar-refractivity contribution in [2.24, 2.45) is 0 Å². The summed E-state index contributed by atoms with van der Waals surface area (Å²) in [6.45, 7) is 0. The van der Waals surface area contributed by atoms with Gasteiger partial charge in [-0.25, -0.2) is 4.98 Å². The van der Waals surface area contributed by atoms with Gasteiger partial charge in [0, 0.05) is 29.7 Å². The number of nitrogens with zero attached hydrogens (tertiary/aromatic N) is 2. The average Bonchev–Trinajstić information content (AvgIpc) is 2.54. The van der Waals surface area contributed by atoms with Gasteiger partial charge in [-0.05, 0) is 22.8 Å². The number of Topliss-reactive ketones (excluding diaryl/α,β-unsaturated/α-hetero) is 1. The molecule has 0 amide bonds. The minimum Gasteiger partial charge on any atom is -0.292 e. The molecule has 1 aliphatic heterocycles. The van der Waals surface area contributed by atoms with Gasteiger partial charge in [0.15, 0.2) is 5.78 Å². The van der Waals surface area contributed by atoms with Crippen molar-refractivity contribution in [3.8, 4) is 0 Å². The quantitative estimate of drug-likeness (QED) is 0.853. The van der Waals surface area contributed by atoms with Crippen LogP contribution in [0.15, 0.2) is 47.9 Å². The van der Waals surface area contributed by atoms with Crippen LogP contribution in [0.2, 0.25) is 0 Å². The van der Waals surface area contributed by atoms with E-state index in [1.807, 2.05) is 0 Å². The highest BCUT2D eigenvalue weighted by atomic mass is 32.2. The first-order valence-corrected chi connectivity index (χ1v) is 7.81. The Hall–Kier alpha value is -2.35. The number of hydrogen-bond donors (Lipinski definition) is 1. The molecular weight excluding hydrogens is 327 g/mol. The van der Waals surface area contributed by atoms with Crippen LogP contribution >= 0.6 is 0 Å². The summed E-state index contributed by atoms with van der Waals surface area (Å²) in [6.07, 6.45) is 1.84. The standard InChI is InChI=1S/C15H10F3N3OS/c16-15(17,18)11-5-7-20-8-10(11)13(22)12-4-3-9-2-1-6-21-14(9)23(12)19/h1-8,12,19H. The largest absolute Gasteiger partial charge is 0.417 e. The van der Waals surface area contributed by atoms with Gasteiger partial charge in [-0.1, -0.05) is 18.2 Å². The van der Waals surface area contributed by atoms with Crippen LogP contribution in [0.3, 0.4) is 0 Å². The molecule has 3 rings (SSSR count). The highest BCUT2D eigenvalue weighted by Gasteiger charge is 2.37. The van der Waals surface area contributed by atoms with E-state index in [4.69, 9.17) is 4.78 Å². The SMILES string of the molecule is N=S1c2ncccc2C=CC1C(=O)c1cnccc1C(F)(F)F. The maximum absolute atomic E-state index is 13.1. The molecule has 23 heavy (non-hydrogen) atoms. The van der Waals surface area contributed by atoms with Crippen molar-refractivity contribution in [3.63, 3.8) is 0 Å². The summed E-state index contributed by atoms with van der Waals surface area (Å²) in [5.41, 5.74) is -0.842. The maximum Gasteiger partial charge on any atom is 0.417 e. The smallest absolute Gasteiger partial charge is 0.292 e. The van der Waals surface area contributed by atoms with E-state index in [-0.39, 0.29) is 0 Å². The molecule has 0 saturated heterocycles. The number of carbonyl (C=O) groups is 1. The lowest BCUT2D eigenvalue weighted by Crippen LogP contribution is -2.28. The zero-order valence-corrected chi connectivity index (χ0v) is 12.4. The van der Waals surface area contributed by atoms with E-state index < -0.39 is 39.0 Å². The fourth-order valence-electron chi connectivity index (χ4n) is 2.29. The molecule has 0 bridgehead atoms. The van der Waals surface area contributed by atoms with Crippen LogP contribution in [0.1, 0.15) is 21.5 Å². The van der Waals surface area contributed by atoms with Crippen molar-refractivity contribution in [2.75, 3.05) is 0 Å². The number of aromatic nitrogens is 2. The molecule has 0 spiro atoms. The molecule has 0 fully saturated rings. The molecule has 2 aromatic rings. The van der Waals surface area contributed by atoms with Gasteiger partial charge in [-0.2, -0.15) is 13.2 Å². The topological polar surface area (TPSA) is 66.7 Å². The van der Waals surface area contributed by atoms with Crippen LogP contribution in [0.4, 0.5) is 13.2 Å². The number of alkyl halides is 3. The Balaban J connectivity index is 2.02. The highest BCUT2D eigenvalue weighted by molar-refractivity contribution is 7.87. The highest BCUT2D eigenvalue weighted by Crippen LogP contribution is 2.33. The number of carbonyl (C=O) groups excluding carboxylic acids is 1. The normalized spacial score (nSPS) is 20.1. The molecular formula is C15H10F3N3OS. The fraction of sp³-hybridized carbons (Fsp3) is 0.133. The van der Waals surface area contributed by atoms with E-state index in [1.54, 1.807) is 18.2 Å². The summed E-state index contributed by atoms with van der Waals surface area (Å²) in [5.74, 6) is -0.767. The van der Waals surface area contributed by atoms with Crippen LogP contribution in [-0.4, -0.2) is 21.0 Å². The number of ketones is 1. The van der Waals surface area contributed by atoms with Gasteiger partial charge in [0.1, 0.15) is 10.3 Å². The molecule has 1 N–H and O–H groups in total. The predicted octanol–water partition coefficient (Wildman–Crippen LogP) is 3.51. The Labute approximate surface area is 132 Å². The third-order valence-corrected chi connectivity index (χ3v) is 5.00. The second-order valence-corrected chi connectivity index (χ2v) is 6.37. The predicted molar refractivity (Wildman–Crippen MR) is 79.0 cm³/mol. The number of rotatable bonds is 2. The van der Waals surface area contributed by atoms with Gasteiger partial charge in [-0.15, -0.1) is 0 Å². The molecule has 0 aliphatic carbocycles. The first-order chi connectivity index (χ1) is 10.9. The summed E-state index contributed by atoms with van der Waals surface area (Å²) < 4.78 is 47.4. The van der Waals surface area contributed by atoms with Crippen molar-refractivity contribution in [3.05, 3.63) is 59.6 Å². The summed E-state index contributed by atoms with van der Waals surface area (Å²) in [5, 5.41) is -0.589. The van der Waals surface area contributed by atoms with E-state index in [0.717, 1.165) is 18.5 Å². The van der Waals surface area contributed by atoms with Gasteiger partial charge in [0.25, 0.3) is 0 Å². The summed E-state index contributed by atoms with van der Waals surface area (Å²) in [4.78, 5) is 20.3. The van der Waals surface area contributed by atoms with Crippen molar-refractivity contribution >= 4 is 22.6 Å². The molecule has 4 nitrogen and oxygen atoms in total. The van der Waals surface area contributed by atoms with Crippen LogP contribution in [-0.2, 0) is 16.9 Å². The van der Waals surface area contributed by atoms with Crippen LogP contribution in [0, 0.1) is 4.78 Å². The number of nitrogens with one attached hydrogen (secondary N) is 1. The molecule has 0 saturated carbocycles. The molecule has 3 heterocycles. The Morgan fingerprint density at radius 3 is 2.78 bits per heavy atom. The van der Waals surface area contributed by atoms with E-state index in [9.17, 15) is 18.0 Å². The molecule has 0 aromatic carbocycles. The van der Waals surface area contributed by atoms with Gasteiger partial charge < -0.3 is 0 Å². The van der Waals surface area contributed by atoms with E-state index in [2.05, 4.69) is 9.97 Å². The molecule has 8 heteroatoms. The summed E-state index contributed by atoms with van der Waals surface area (Å²) >= 11 is 0. The third-order valence-electron chi connectivity index (χ3n) is 3.36. The second-order valence-electron chi connectivity index (χ2n) is 4.80. The van der Waals surface area contributed by atoms with Gasteiger partial charge >= 0.3 is 6.18 Å². The summed E-state index contributed by atoms with van der Waals surface area (Å²) in [6, 6.07) is 4.22. The van der Waals surface area contributed by atoms with E-state index in [1.165, 1.54) is 12.3 Å². The van der Waals surface area contributed by atoms with Crippen LogP contribution < -0.4 is 0 Å². The van der Waals surface area contributed by atoms with Crippen molar-refractivity contribution in [1.29, 1.82) is 4.78 Å². The van der Waals surface area contributed by atoms with Crippen molar-refractivity contribution in [1.82, 2.24) is 9.97 Å². The molecule has 118 valence electrons. The van der Waals surface area contributed by atoms with Gasteiger partial charge in [-0.3, -0.25) is 14.6 Å². The number of halogens is 3. The lowest BCUT2D eigenvalue weighted by Gasteiger charge is -2.21. The minimum absolute atomic E-state index is 0.408. The van der Waals surface area contributed by atoms with Crippen molar-refractivity contribution in [2.45, 2.75) is 16.5 Å². The first kappa shape index (κ1) is 15.5. The molecule has 2 aromatic heterocycles. The molecule has 0 radical (unpaired) electrons. The zero-order chi connectivity index (χ0) is 16.6. The number of pyridine rings is 2. The number of hydrogen-bond acceptors (Lipinski definition) is 4. The van der Waals surface area contributed by atoms with Crippen molar-refractivity contribution < 1.29 is 18.0 Å².